The standard InChI is InChI=1S/C16H14BrFO3/c1-9-4-5-13(18)11(6-9)16(19)10-7-14(20-2)15(21-3)8-12(10)17/h4-8H,1-3H3. The Morgan fingerprint density at radius 2 is 1.67 bits per heavy atom. The Hall–Kier alpha value is -1.88. The zero-order valence-corrected chi connectivity index (χ0v) is 13.5. The molecule has 0 aliphatic rings. The van der Waals surface area contributed by atoms with Gasteiger partial charge in [0.2, 0.25) is 0 Å². The van der Waals surface area contributed by atoms with Gasteiger partial charge in [-0.15, -0.1) is 0 Å². The van der Waals surface area contributed by atoms with E-state index >= 15 is 0 Å². The van der Waals surface area contributed by atoms with E-state index in [0.717, 1.165) is 5.56 Å². The lowest BCUT2D eigenvalue weighted by atomic mass is 10.0. The maximum Gasteiger partial charge on any atom is 0.197 e. The summed E-state index contributed by atoms with van der Waals surface area (Å²) in [5.41, 5.74) is 1.16. The van der Waals surface area contributed by atoms with Crippen LogP contribution in [0.5, 0.6) is 11.5 Å². The summed E-state index contributed by atoms with van der Waals surface area (Å²) in [6.07, 6.45) is 0. The SMILES string of the molecule is COc1cc(Br)c(C(=O)c2cc(C)ccc2F)cc1OC. The molecule has 5 heteroatoms. The second-order valence-electron chi connectivity index (χ2n) is 4.50. The first kappa shape index (κ1) is 15.5. The summed E-state index contributed by atoms with van der Waals surface area (Å²) in [7, 11) is 2.99. The third kappa shape index (κ3) is 3.08. The van der Waals surface area contributed by atoms with Crippen molar-refractivity contribution in [2.45, 2.75) is 6.92 Å². The summed E-state index contributed by atoms with van der Waals surface area (Å²) in [5.74, 6) is -0.0564. The van der Waals surface area contributed by atoms with Crippen molar-refractivity contribution >= 4 is 21.7 Å². The van der Waals surface area contributed by atoms with Crippen LogP contribution in [-0.4, -0.2) is 20.0 Å². The molecule has 0 heterocycles. The van der Waals surface area contributed by atoms with Gasteiger partial charge in [-0.05, 0) is 47.1 Å². The summed E-state index contributed by atoms with van der Waals surface area (Å²) in [6.45, 7) is 1.81. The Morgan fingerprint density at radius 1 is 1.05 bits per heavy atom. The number of ketones is 1. The fraction of sp³-hybridized carbons (Fsp3) is 0.188. The third-order valence-electron chi connectivity index (χ3n) is 3.08. The zero-order valence-electron chi connectivity index (χ0n) is 11.9. The first-order valence-corrected chi connectivity index (χ1v) is 6.99. The van der Waals surface area contributed by atoms with E-state index in [2.05, 4.69) is 15.9 Å². The molecule has 0 spiro atoms. The Kier molecular flexibility index (Phi) is 4.63. The molecular formula is C16H14BrFO3. The molecule has 2 aromatic rings. The second-order valence-corrected chi connectivity index (χ2v) is 5.35. The van der Waals surface area contributed by atoms with Crippen LogP contribution in [0.2, 0.25) is 0 Å². The topological polar surface area (TPSA) is 35.5 Å². The normalized spacial score (nSPS) is 10.3. The van der Waals surface area contributed by atoms with E-state index in [-0.39, 0.29) is 5.56 Å². The van der Waals surface area contributed by atoms with Crippen molar-refractivity contribution < 1.29 is 18.7 Å². The molecule has 0 aliphatic carbocycles. The number of ether oxygens (including phenoxy) is 2. The number of carbonyl (C=O) groups excluding carboxylic acids is 1. The average molecular weight is 353 g/mol. The summed E-state index contributed by atoms with van der Waals surface area (Å²) >= 11 is 3.31. The summed E-state index contributed by atoms with van der Waals surface area (Å²) in [5, 5.41) is 0. The predicted octanol–water partition coefficient (Wildman–Crippen LogP) is 4.14. The van der Waals surface area contributed by atoms with Gasteiger partial charge >= 0.3 is 0 Å². The van der Waals surface area contributed by atoms with Crippen LogP contribution in [0.1, 0.15) is 21.5 Å². The van der Waals surface area contributed by atoms with Gasteiger partial charge in [0, 0.05) is 10.0 Å². The van der Waals surface area contributed by atoms with E-state index in [1.54, 1.807) is 19.1 Å². The summed E-state index contributed by atoms with van der Waals surface area (Å²) in [4.78, 5) is 12.5. The number of benzene rings is 2. The fourth-order valence-electron chi connectivity index (χ4n) is 1.99. The van der Waals surface area contributed by atoms with Gasteiger partial charge < -0.3 is 9.47 Å². The van der Waals surface area contributed by atoms with E-state index in [1.165, 1.54) is 32.4 Å². The molecule has 2 rings (SSSR count). The highest BCUT2D eigenvalue weighted by molar-refractivity contribution is 9.10. The maximum absolute atomic E-state index is 13.9. The van der Waals surface area contributed by atoms with Gasteiger partial charge in [0.15, 0.2) is 17.3 Å². The highest BCUT2D eigenvalue weighted by Gasteiger charge is 2.19. The minimum Gasteiger partial charge on any atom is -0.493 e. The molecule has 0 saturated carbocycles. The van der Waals surface area contributed by atoms with Crippen LogP contribution in [0.3, 0.4) is 0 Å². The molecule has 0 aromatic heterocycles. The molecule has 2 aromatic carbocycles. The molecule has 0 unspecified atom stereocenters. The number of hydrogen-bond donors (Lipinski definition) is 0. The molecule has 0 bridgehead atoms. The number of carbonyl (C=O) groups is 1. The molecule has 0 fully saturated rings. The van der Waals surface area contributed by atoms with E-state index in [4.69, 9.17) is 9.47 Å². The lowest BCUT2D eigenvalue weighted by molar-refractivity contribution is 0.103. The minimum absolute atomic E-state index is 0.0305. The second kappa shape index (κ2) is 6.26. The van der Waals surface area contributed by atoms with Crippen LogP contribution in [-0.2, 0) is 0 Å². The fourth-order valence-corrected chi connectivity index (χ4v) is 2.49. The lowest BCUT2D eigenvalue weighted by Crippen LogP contribution is -2.06. The van der Waals surface area contributed by atoms with Gasteiger partial charge in [0.25, 0.3) is 0 Å². The average Bonchev–Trinajstić information content (AvgIpc) is 2.48. The number of halogens is 2. The zero-order chi connectivity index (χ0) is 15.6. The van der Waals surface area contributed by atoms with Gasteiger partial charge in [-0.1, -0.05) is 11.6 Å². The monoisotopic (exact) mass is 352 g/mol. The Morgan fingerprint density at radius 3 is 2.29 bits per heavy atom. The van der Waals surface area contributed by atoms with Crippen molar-refractivity contribution in [2.24, 2.45) is 0 Å². The maximum atomic E-state index is 13.9. The molecule has 110 valence electrons. The predicted molar refractivity (Wildman–Crippen MR) is 81.8 cm³/mol. The Bertz CT molecular complexity index is 698. The number of aryl methyl sites for hydroxylation is 1. The largest absolute Gasteiger partial charge is 0.493 e. The molecule has 0 saturated heterocycles. The van der Waals surface area contributed by atoms with Crippen molar-refractivity contribution in [3.63, 3.8) is 0 Å². The number of methoxy groups -OCH3 is 2. The van der Waals surface area contributed by atoms with E-state index < -0.39 is 11.6 Å². The van der Waals surface area contributed by atoms with Crippen LogP contribution in [0.4, 0.5) is 4.39 Å². The van der Waals surface area contributed by atoms with Crippen LogP contribution in [0, 0.1) is 12.7 Å². The summed E-state index contributed by atoms with van der Waals surface area (Å²) < 4.78 is 24.7. The highest BCUT2D eigenvalue weighted by Crippen LogP contribution is 2.34. The first-order chi connectivity index (χ1) is 9.97. The molecular weight excluding hydrogens is 339 g/mol. The Balaban J connectivity index is 2.55. The minimum atomic E-state index is -0.549. The van der Waals surface area contributed by atoms with Crippen LogP contribution < -0.4 is 9.47 Å². The number of rotatable bonds is 4. The lowest BCUT2D eigenvalue weighted by Gasteiger charge is -2.12. The number of hydrogen-bond acceptors (Lipinski definition) is 3. The smallest absolute Gasteiger partial charge is 0.197 e. The molecule has 0 aliphatic heterocycles. The van der Waals surface area contributed by atoms with Gasteiger partial charge in [0.1, 0.15) is 5.82 Å². The van der Waals surface area contributed by atoms with E-state index in [1.807, 2.05) is 0 Å². The van der Waals surface area contributed by atoms with Crippen LogP contribution in [0.25, 0.3) is 0 Å². The Labute approximate surface area is 130 Å². The molecule has 0 atom stereocenters. The van der Waals surface area contributed by atoms with Crippen molar-refractivity contribution in [1.82, 2.24) is 0 Å². The molecule has 3 nitrogen and oxygen atoms in total. The van der Waals surface area contributed by atoms with Gasteiger partial charge in [-0.3, -0.25) is 4.79 Å². The van der Waals surface area contributed by atoms with Crippen molar-refractivity contribution in [1.29, 1.82) is 0 Å². The molecule has 0 N–H and O–H groups in total. The van der Waals surface area contributed by atoms with Gasteiger partial charge in [-0.25, -0.2) is 4.39 Å². The first-order valence-electron chi connectivity index (χ1n) is 6.20. The van der Waals surface area contributed by atoms with Crippen LogP contribution in [0.15, 0.2) is 34.8 Å². The molecule has 21 heavy (non-hydrogen) atoms. The molecule has 0 amide bonds. The van der Waals surface area contributed by atoms with E-state index in [9.17, 15) is 9.18 Å². The van der Waals surface area contributed by atoms with Crippen LogP contribution >= 0.6 is 15.9 Å². The molecule has 0 radical (unpaired) electrons. The highest BCUT2D eigenvalue weighted by atomic mass is 79.9. The third-order valence-corrected chi connectivity index (χ3v) is 3.74. The van der Waals surface area contributed by atoms with Crippen molar-refractivity contribution in [3.05, 3.63) is 57.3 Å². The van der Waals surface area contributed by atoms with Gasteiger partial charge in [0.05, 0.1) is 19.8 Å². The summed E-state index contributed by atoms with van der Waals surface area (Å²) in [6, 6.07) is 7.60. The van der Waals surface area contributed by atoms with E-state index in [0.29, 0.717) is 21.5 Å². The van der Waals surface area contributed by atoms with Crippen molar-refractivity contribution in [3.8, 4) is 11.5 Å². The van der Waals surface area contributed by atoms with Gasteiger partial charge in [-0.2, -0.15) is 0 Å². The van der Waals surface area contributed by atoms with Crippen molar-refractivity contribution in [2.75, 3.05) is 14.2 Å². The quantitative estimate of drug-likeness (QED) is 0.775.